The highest BCUT2D eigenvalue weighted by atomic mass is 16.5. The Morgan fingerprint density at radius 1 is 1.19 bits per heavy atom. The Morgan fingerprint density at radius 2 is 1.81 bits per heavy atom. The Balaban J connectivity index is 3.06. The quantitative estimate of drug-likeness (QED) is 0.844. The van der Waals surface area contributed by atoms with E-state index < -0.39 is 0 Å². The molecule has 2 N–H and O–H groups in total. The Labute approximate surface area is 98.8 Å². The van der Waals surface area contributed by atoms with E-state index in [4.69, 9.17) is 10.5 Å². The van der Waals surface area contributed by atoms with E-state index in [1.165, 1.54) is 16.7 Å². The van der Waals surface area contributed by atoms with Gasteiger partial charge in [-0.15, -0.1) is 0 Å². The summed E-state index contributed by atoms with van der Waals surface area (Å²) < 4.78 is 5.75. The molecule has 0 amide bonds. The maximum Gasteiger partial charge on any atom is 0.122 e. The highest BCUT2D eigenvalue weighted by molar-refractivity contribution is 5.42. The van der Waals surface area contributed by atoms with Gasteiger partial charge in [-0.05, 0) is 56.9 Å². The normalized spacial score (nSPS) is 12.9. The topological polar surface area (TPSA) is 35.2 Å². The van der Waals surface area contributed by atoms with Crippen molar-refractivity contribution in [3.05, 3.63) is 28.8 Å². The Bertz CT molecular complexity index is 358. The van der Waals surface area contributed by atoms with Gasteiger partial charge in [0.2, 0.25) is 0 Å². The number of hydrogen-bond donors (Lipinski definition) is 1. The van der Waals surface area contributed by atoms with Crippen molar-refractivity contribution in [2.45, 2.75) is 53.2 Å². The van der Waals surface area contributed by atoms with Gasteiger partial charge in [0.15, 0.2) is 0 Å². The van der Waals surface area contributed by atoms with Crippen LogP contribution in [0.3, 0.4) is 0 Å². The fourth-order valence-electron chi connectivity index (χ4n) is 1.81. The van der Waals surface area contributed by atoms with Crippen molar-refractivity contribution in [1.82, 2.24) is 0 Å². The smallest absolute Gasteiger partial charge is 0.122 e. The summed E-state index contributed by atoms with van der Waals surface area (Å²) in [5.74, 6) is 0.972. The molecular weight excluding hydrogens is 198 g/mol. The fraction of sp³-hybridized carbons (Fsp3) is 0.571. The molecule has 0 radical (unpaired) electrons. The second-order valence-electron chi connectivity index (χ2n) is 4.66. The van der Waals surface area contributed by atoms with Gasteiger partial charge in [-0.1, -0.05) is 13.0 Å². The molecule has 0 aliphatic heterocycles. The van der Waals surface area contributed by atoms with Gasteiger partial charge >= 0.3 is 0 Å². The standard InChI is InChI=1S/C14H23NO/c1-6-13(15)12-7-11(5)14(8-10(12)4)16-9(2)3/h7-9,13H,6,15H2,1-5H3. The average molecular weight is 221 g/mol. The van der Waals surface area contributed by atoms with Crippen LogP contribution in [-0.4, -0.2) is 6.10 Å². The summed E-state index contributed by atoms with van der Waals surface area (Å²) in [4.78, 5) is 0. The molecule has 2 heteroatoms. The van der Waals surface area contributed by atoms with E-state index in [9.17, 15) is 0 Å². The molecule has 0 aromatic heterocycles. The van der Waals surface area contributed by atoms with Crippen LogP contribution in [0.2, 0.25) is 0 Å². The number of benzene rings is 1. The molecular formula is C14H23NO. The molecule has 1 rings (SSSR count). The second-order valence-corrected chi connectivity index (χ2v) is 4.66. The number of ether oxygens (including phenoxy) is 1. The van der Waals surface area contributed by atoms with Crippen LogP contribution in [0.5, 0.6) is 5.75 Å². The number of rotatable bonds is 4. The summed E-state index contributed by atoms with van der Waals surface area (Å²) in [5.41, 5.74) is 9.69. The Hall–Kier alpha value is -1.02. The SMILES string of the molecule is CCC(N)c1cc(C)c(OC(C)C)cc1C. The Morgan fingerprint density at radius 3 is 2.31 bits per heavy atom. The summed E-state index contributed by atoms with van der Waals surface area (Å²) >= 11 is 0. The minimum atomic E-state index is 0.131. The molecule has 1 aromatic carbocycles. The van der Waals surface area contributed by atoms with Crippen LogP contribution in [0.1, 0.15) is 49.9 Å². The van der Waals surface area contributed by atoms with Gasteiger partial charge in [-0.2, -0.15) is 0 Å². The van der Waals surface area contributed by atoms with Gasteiger partial charge in [0.1, 0.15) is 5.75 Å². The monoisotopic (exact) mass is 221 g/mol. The molecule has 0 saturated heterocycles. The van der Waals surface area contributed by atoms with Crippen molar-refractivity contribution >= 4 is 0 Å². The molecule has 1 aromatic rings. The molecule has 2 nitrogen and oxygen atoms in total. The van der Waals surface area contributed by atoms with E-state index in [1.54, 1.807) is 0 Å². The first-order valence-corrected chi connectivity index (χ1v) is 5.99. The maximum absolute atomic E-state index is 6.07. The zero-order valence-corrected chi connectivity index (χ0v) is 11.0. The summed E-state index contributed by atoms with van der Waals surface area (Å²) in [6.45, 7) is 10.4. The van der Waals surface area contributed by atoms with E-state index >= 15 is 0 Å². The summed E-state index contributed by atoms with van der Waals surface area (Å²) in [6.07, 6.45) is 1.17. The summed E-state index contributed by atoms with van der Waals surface area (Å²) in [7, 11) is 0. The molecule has 0 bridgehead atoms. The predicted molar refractivity (Wildman–Crippen MR) is 68.9 cm³/mol. The molecule has 0 spiro atoms. The Kier molecular flexibility index (Phi) is 4.36. The highest BCUT2D eigenvalue weighted by Crippen LogP contribution is 2.27. The third-order valence-electron chi connectivity index (χ3n) is 2.77. The van der Waals surface area contributed by atoms with Crippen molar-refractivity contribution in [3.63, 3.8) is 0 Å². The van der Waals surface area contributed by atoms with Crippen LogP contribution in [0.4, 0.5) is 0 Å². The first kappa shape index (κ1) is 13.0. The molecule has 1 unspecified atom stereocenters. The largest absolute Gasteiger partial charge is 0.491 e. The van der Waals surface area contributed by atoms with Gasteiger partial charge in [0.25, 0.3) is 0 Å². The first-order valence-electron chi connectivity index (χ1n) is 5.99. The van der Waals surface area contributed by atoms with Crippen LogP contribution in [0.25, 0.3) is 0 Å². The van der Waals surface area contributed by atoms with Crippen LogP contribution in [0, 0.1) is 13.8 Å². The minimum Gasteiger partial charge on any atom is -0.491 e. The van der Waals surface area contributed by atoms with E-state index in [0.29, 0.717) is 0 Å². The first-order chi connectivity index (χ1) is 7.45. The number of hydrogen-bond acceptors (Lipinski definition) is 2. The van der Waals surface area contributed by atoms with Gasteiger partial charge in [-0.25, -0.2) is 0 Å². The van der Waals surface area contributed by atoms with Crippen LogP contribution in [0.15, 0.2) is 12.1 Å². The van der Waals surface area contributed by atoms with Crippen LogP contribution in [-0.2, 0) is 0 Å². The van der Waals surface area contributed by atoms with E-state index in [-0.39, 0.29) is 12.1 Å². The van der Waals surface area contributed by atoms with Gasteiger partial charge in [0, 0.05) is 6.04 Å². The molecule has 0 aliphatic rings. The lowest BCUT2D eigenvalue weighted by Gasteiger charge is -2.18. The zero-order chi connectivity index (χ0) is 12.3. The molecule has 0 heterocycles. The molecule has 0 saturated carbocycles. The molecule has 0 aliphatic carbocycles. The lowest BCUT2D eigenvalue weighted by Crippen LogP contribution is -2.12. The third-order valence-corrected chi connectivity index (χ3v) is 2.77. The fourth-order valence-corrected chi connectivity index (χ4v) is 1.81. The van der Waals surface area contributed by atoms with Crippen molar-refractivity contribution < 1.29 is 4.74 Å². The van der Waals surface area contributed by atoms with Crippen molar-refractivity contribution in [1.29, 1.82) is 0 Å². The third kappa shape index (κ3) is 2.99. The lowest BCUT2D eigenvalue weighted by molar-refractivity contribution is 0.240. The summed E-state index contributed by atoms with van der Waals surface area (Å²) in [5, 5.41) is 0. The molecule has 1 atom stereocenters. The predicted octanol–water partition coefficient (Wildman–Crippen LogP) is 3.50. The van der Waals surface area contributed by atoms with E-state index in [0.717, 1.165) is 12.2 Å². The van der Waals surface area contributed by atoms with Crippen LogP contribution >= 0.6 is 0 Å². The van der Waals surface area contributed by atoms with E-state index in [2.05, 4.69) is 32.9 Å². The van der Waals surface area contributed by atoms with Crippen molar-refractivity contribution in [2.75, 3.05) is 0 Å². The highest BCUT2D eigenvalue weighted by Gasteiger charge is 2.11. The molecule has 0 fully saturated rings. The minimum absolute atomic E-state index is 0.131. The van der Waals surface area contributed by atoms with Gasteiger partial charge in [-0.3, -0.25) is 0 Å². The van der Waals surface area contributed by atoms with Gasteiger partial charge in [0.05, 0.1) is 6.10 Å². The second kappa shape index (κ2) is 5.35. The maximum atomic E-state index is 6.07. The number of aryl methyl sites for hydroxylation is 2. The summed E-state index contributed by atoms with van der Waals surface area (Å²) in [6, 6.07) is 4.38. The van der Waals surface area contributed by atoms with Crippen molar-refractivity contribution in [3.8, 4) is 5.75 Å². The van der Waals surface area contributed by atoms with Crippen molar-refractivity contribution in [2.24, 2.45) is 5.73 Å². The molecule has 90 valence electrons. The van der Waals surface area contributed by atoms with Gasteiger partial charge < -0.3 is 10.5 Å². The van der Waals surface area contributed by atoms with Crippen LogP contribution < -0.4 is 10.5 Å². The average Bonchev–Trinajstić information content (AvgIpc) is 2.21. The molecule has 16 heavy (non-hydrogen) atoms. The van der Waals surface area contributed by atoms with E-state index in [1.807, 2.05) is 13.8 Å². The lowest BCUT2D eigenvalue weighted by atomic mass is 9.97. The number of nitrogens with two attached hydrogens (primary N) is 1. The zero-order valence-electron chi connectivity index (χ0n) is 11.0.